The van der Waals surface area contributed by atoms with E-state index >= 15 is 0 Å². The molecule has 0 saturated heterocycles. The predicted molar refractivity (Wildman–Crippen MR) is 142 cm³/mol. The summed E-state index contributed by atoms with van der Waals surface area (Å²) in [6.07, 6.45) is 2.85. The normalized spacial score (nSPS) is 13.1. The lowest BCUT2D eigenvalue weighted by molar-refractivity contribution is -0.139. The predicted octanol–water partition coefficient (Wildman–Crippen LogP) is 3.83. The van der Waals surface area contributed by atoms with Gasteiger partial charge in [0.1, 0.15) is 12.6 Å². The van der Waals surface area contributed by atoms with Crippen molar-refractivity contribution in [2.45, 2.75) is 66.0 Å². The minimum atomic E-state index is -3.74. The fourth-order valence-corrected chi connectivity index (χ4v) is 4.92. The fraction of sp³-hybridized carbons (Fsp3) is 0.481. The zero-order chi connectivity index (χ0) is 26.2. The molecular formula is C27H39N3O4S. The van der Waals surface area contributed by atoms with Crippen molar-refractivity contribution in [1.29, 1.82) is 0 Å². The molecular weight excluding hydrogens is 462 g/mol. The van der Waals surface area contributed by atoms with E-state index in [1.165, 1.54) is 4.90 Å². The van der Waals surface area contributed by atoms with Crippen LogP contribution in [0, 0.1) is 13.8 Å². The van der Waals surface area contributed by atoms with Crippen molar-refractivity contribution in [3.63, 3.8) is 0 Å². The number of nitrogens with one attached hydrogen (secondary N) is 1. The van der Waals surface area contributed by atoms with E-state index < -0.39 is 22.0 Å². The Labute approximate surface area is 210 Å². The number of rotatable bonds is 12. The monoisotopic (exact) mass is 501 g/mol. The van der Waals surface area contributed by atoms with Crippen molar-refractivity contribution in [3.05, 3.63) is 65.2 Å². The Morgan fingerprint density at radius 2 is 1.66 bits per heavy atom. The minimum Gasteiger partial charge on any atom is -0.352 e. The molecule has 0 saturated carbocycles. The molecule has 0 spiro atoms. The molecule has 0 aromatic heterocycles. The van der Waals surface area contributed by atoms with Crippen LogP contribution in [0.25, 0.3) is 0 Å². The fourth-order valence-electron chi connectivity index (χ4n) is 4.02. The van der Waals surface area contributed by atoms with Gasteiger partial charge in [-0.25, -0.2) is 8.42 Å². The highest BCUT2D eigenvalue weighted by molar-refractivity contribution is 7.92. The second kappa shape index (κ2) is 12.7. The van der Waals surface area contributed by atoms with Gasteiger partial charge in [-0.2, -0.15) is 0 Å². The van der Waals surface area contributed by atoms with E-state index in [9.17, 15) is 18.0 Å². The van der Waals surface area contributed by atoms with Crippen LogP contribution in [0.4, 0.5) is 5.69 Å². The van der Waals surface area contributed by atoms with Crippen molar-refractivity contribution in [2.24, 2.45) is 0 Å². The van der Waals surface area contributed by atoms with E-state index in [2.05, 4.69) is 5.32 Å². The van der Waals surface area contributed by atoms with Crippen LogP contribution in [-0.2, 0) is 26.0 Å². The maximum atomic E-state index is 13.7. The van der Waals surface area contributed by atoms with Gasteiger partial charge < -0.3 is 10.2 Å². The average molecular weight is 502 g/mol. The lowest BCUT2D eigenvalue weighted by Crippen LogP contribution is -2.54. The molecule has 2 aromatic rings. The summed E-state index contributed by atoms with van der Waals surface area (Å²) in [7, 11) is -3.74. The smallest absolute Gasteiger partial charge is 0.244 e. The van der Waals surface area contributed by atoms with Crippen LogP contribution in [0.5, 0.6) is 0 Å². The highest BCUT2D eigenvalue weighted by Gasteiger charge is 2.32. The van der Waals surface area contributed by atoms with Crippen molar-refractivity contribution >= 4 is 27.5 Å². The average Bonchev–Trinajstić information content (AvgIpc) is 2.80. The van der Waals surface area contributed by atoms with Gasteiger partial charge in [-0.3, -0.25) is 13.9 Å². The summed E-state index contributed by atoms with van der Waals surface area (Å²) >= 11 is 0. The molecule has 1 N–H and O–H groups in total. The van der Waals surface area contributed by atoms with Crippen LogP contribution in [-0.4, -0.2) is 56.6 Å². The number of carbonyl (C=O) groups is 2. The molecule has 2 rings (SSSR count). The number of aryl methyl sites for hydroxylation is 2. The van der Waals surface area contributed by atoms with E-state index in [1.54, 1.807) is 6.07 Å². The molecule has 0 radical (unpaired) electrons. The lowest BCUT2D eigenvalue weighted by atomic mass is 10.1. The molecule has 0 fully saturated rings. The molecule has 0 aliphatic rings. The Bertz CT molecular complexity index is 1100. The maximum Gasteiger partial charge on any atom is 0.244 e. The van der Waals surface area contributed by atoms with Crippen LogP contribution < -0.4 is 9.62 Å². The molecule has 2 aromatic carbocycles. The molecule has 2 atom stereocenters. The Kier molecular flexibility index (Phi) is 10.3. The minimum absolute atomic E-state index is 0.0228. The molecule has 0 aliphatic carbocycles. The van der Waals surface area contributed by atoms with Crippen molar-refractivity contribution < 1.29 is 18.0 Å². The van der Waals surface area contributed by atoms with Gasteiger partial charge in [-0.15, -0.1) is 0 Å². The van der Waals surface area contributed by atoms with E-state index in [0.717, 1.165) is 33.7 Å². The molecule has 7 nitrogen and oxygen atoms in total. The van der Waals surface area contributed by atoms with E-state index in [4.69, 9.17) is 0 Å². The number of hydrogen-bond donors (Lipinski definition) is 1. The molecule has 0 bridgehead atoms. The summed E-state index contributed by atoms with van der Waals surface area (Å²) in [4.78, 5) is 28.3. The summed E-state index contributed by atoms with van der Waals surface area (Å²) in [6, 6.07) is 14.5. The third kappa shape index (κ3) is 8.09. The first kappa shape index (κ1) is 28.4. The van der Waals surface area contributed by atoms with E-state index in [-0.39, 0.29) is 18.5 Å². The molecule has 2 unspecified atom stereocenters. The van der Waals surface area contributed by atoms with Gasteiger partial charge in [0.05, 0.1) is 11.9 Å². The third-order valence-corrected chi connectivity index (χ3v) is 7.30. The van der Waals surface area contributed by atoms with Gasteiger partial charge in [0, 0.05) is 12.6 Å². The van der Waals surface area contributed by atoms with Crippen molar-refractivity contribution in [1.82, 2.24) is 10.2 Å². The van der Waals surface area contributed by atoms with Gasteiger partial charge in [0.2, 0.25) is 21.8 Å². The van der Waals surface area contributed by atoms with Gasteiger partial charge in [-0.1, -0.05) is 61.9 Å². The number of nitrogens with zero attached hydrogens (tertiary/aromatic N) is 2. The number of hydrogen-bond acceptors (Lipinski definition) is 4. The van der Waals surface area contributed by atoms with Crippen LogP contribution in [0.3, 0.4) is 0 Å². The second-order valence-corrected chi connectivity index (χ2v) is 11.0. The van der Waals surface area contributed by atoms with Crippen LogP contribution in [0.2, 0.25) is 0 Å². The van der Waals surface area contributed by atoms with E-state index in [1.807, 2.05) is 77.1 Å². The number of sulfonamides is 1. The second-order valence-electron chi connectivity index (χ2n) is 9.12. The maximum absolute atomic E-state index is 13.7. The molecule has 192 valence electrons. The van der Waals surface area contributed by atoms with Crippen molar-refractivity contribution in [2.75, 3.05) is 23.7 Å². The number of amides is 2. The zero-order valence-corrected chi connectivity index (χ0v) is 22.6. The summed E-state index contributed by atoms with van der Waals surface area (Å²) in [5.41, 5.74) is 3.27. The molecule has 0 heterocycles. The van der Waals surface area contributed by atoms with Gasteiger partial charge in [-0.05, 0) is 57.2 Å². The van der Waals surface area contributed by atoms with E-state index in [0.29, 0.717) is 25.1 Å². The summed E-state index contributed by atoms with van der Waals surface area (Å²) in [5, 5.41) is 2.98. The first-order valence-electron chi connectivity index (χ1n) is 12.2. The van der Waals surface area contributed by atoms with Gasteiger partial charge in [0.15, 0.2) is 0 Å². The van der Waals surface area contributed by atoms with Gasteiger partial charge >= 0.3 is 0 Å². The first-order chi connectivity index (χ1) is 16.5. The van der Waals surface area contributed by atoms with Crippen LogP contribution in [0.1, 0.15) is 50.3 Å². The Morgan fingerprint density at radius 3 is 2.20 bits per heavy atom. The van der Waals surface area contributed by atoms with Crippen molar-refractivity contribution in [3.8, 4) is 0 Å². The number of benzene rings is 2. The molecule has 8 heteroatoms. The quantitative estimate of drug-likeness (QED) is 0.479. The summed E-state index contributed by atoms with van der Waals surface area (Å²) < 4.78 is 26.6. The Morgan fingerprint density at radius 1 is 1.00 bits per heavy atom. The summed E-state index contributed by atoms with van der Waals surface area (Å²) in [6.45, 7) is 9.46. The lowest BCUT2D eigenvalue weighted by Gasteiger charge is -2.33. The topological polar surface area (TPSA) is 86.8 Å². The summed E-state index contributed by atoms with van der Waals surface area (Å²) in [5.74, 6) is -0.627. The SMILES string of the molecule is CCC(C)NC(=O)C(CC)N(CCc1ccccc1)C(=O)CN(c1ccc(C)cc1C)S(C)(=O)=O. The largest absolute Gasteiger partial charge is 0.352 e. The highest BCUT2D eigenvalue weighted by atomic mass is 32.2. The standard InChI is InChI=1S/C27H39N3O4S/c1-7-22(5)28-27(32)24(8-2)29(17-16-23-12-10-9-11-13-23)26(31)19-30(35(6,33)34)25-15-14-20(3)18-21(25)4/h9-15,18,22,24H,7-8,16-17,19H2,1-6H3,(H,28,32). The highest BCUT2D eigenvalue weighted by Crippen LogP contribution is 2.24. The number of carbonyl (C=O) groups excluding carboxylic acids is 2. The first-order valence-corrected chi connectivity index (χ1v) is 14.0. The molecule has 2 amide bonds. The molecule has 35 heavy (non-hydrogen) atoms. The number of anilines is 1. The van der Waals surface area contributed by atoms with Gasteiger partial charge in [0.25, 0.3) is 0 Å². The van der Waals surface area contributed by atoms with Crippen LogP contribution in [0.15, 0.2) is 48.5 Å². The Hall–Kier alpha value is -2.87. The zero-order valence-electron chi connectivity index (χ0n) is 21.7. The third-order valence-electron chi connectivity index (χ3n) is 6.17. The molecule has 0 aliphatic heterocycles. The Balaban J connectivity index is 2.39. The van der Waals surface area contributed by atoms with Crippen LogP contribution >= 0.6 is 0 Å².